The van der Waals surface area contributed by atoms with Gasteiger partial charge in [-0.15, -0.1) is 0 Å². The third-order valence-electron chi connectivity index (χ3n) is 6.35. The summed E-state index contributed by atoms with van der Waals surface area (Å²) in [5, 5.41) is 9.66. The van der Waals surface area contributed by atoms with Gasteiger partial charge < -0.3 is 9.84 Å². The van der Waals surface area contributed by atoms with Gasteiger partial charge in [-0.25, -0.2) is 0 Å². The number of rotatable bonds is 2. The van der Waals surface area contributed by atoms with E-state index in [4.69, 9.17) is 4.74 Å². The molecule has 3 aliphatic carbocycles. The van der Waals surface area contributed by atoms with E-state index in [0.29, 0.717) is 6.10 Å². The van der Waals surface area contributed by atoms with Crippen LogP contribution in [0.1, 0.15) is 64.2 Å². The number of hydrogen-bond donors (Lipinski definition) is 1. The lowest BCUT2D eigenvalue weighted by molar-refractivity contribution is -0.00670. The molecule has 0 aromatic rings. The molecule has 3 rings (SSSR count). The number of fused-ring (bicyclic) bond motifs is 1. The standard InChI is InChI=1S/C17H30O2/c1-19-17-9-6-14-10-13(2-3-15(14)11-17)12-4-7-16(18)8-5-12/h12-18H,2-11H2,1H3. The molecular formula is C17H30O2. The van der Waals surface area contributed by atoms with Crippen molar-refractivity contribution in [3.63, 3.8) is 0 Å². The van der Waals surface area contributed by atoms with E-state index in [9.17, 15) is 5.11 Å². The summed E-state index contributed by atoms with van der Waals surface area (Å²) in [5.41, 5.74) is 0. The second-order valence-electron chi connectivity index (χ2n) is 7.33. The first kappa shape index (κ1) is 13.9. The molecule has 0 aromatic heterocycles. The second-order valence-corrected chi connectivity index (χ2v) is 7.33. The fourth-order valence-corrected chi connectivity index (χ4v) is 5.10. The Morgan fingerprint density at radius 2 is 1.21 bits per heavy atom. The zero-order chi connectivity index (χ0) is 13.2. The summed E-state index contributed by atoms with van der Waals surface area (Å²) in [5.74, 6) is 3.82. The van der Waals surface area contributed by atoms with E-state index >= 15 is 0 Å². The highest BCUT2D eigenvalue weighted by molar-refractivity contribution is 4.89. The van der Waals surface area contributed by atoms with Gasteiger partial charge in [-0.2, -0.15) is 0 Å². The van der Waals surface area contributed by atoms with Crippen LogP contribution in [0, 0.1) is 23.7 Å². The van der Waals surface area contributed by atoms with Crippen LogP contribution in [0.2, 0.25) is 0 Å². The lowest BCUT2D eigenvalue weighted by atomic mass is 9.62. The van der Waals surface area contributed by atoms with Crippen molar-refractivity contribution >= 4 is 0 Å². The lowest BCUT2D eigenvalue weighted by Gasteiger charge is -2.44. The zero-order valence-electron chi connectivity index (χ0n) is 12.4. The molecule has 3 aliphatic rings. The molecular weight excluding hydrogens is 236 g/mol. The van der Waals surface area contributed by atoms with Crippen LogP contribution >= 0.6 is 0 Å². The first-order valence-corrected chi connectivity index (χ1v) is 8.47. The Balaban J connectivity index is 1.52. The Bertz CT molecular complexity index is 283. The van der Waals surface area contributed by atoms with Gasteiger partial charge in [-0.05, 0) is 87.9 Å². The van der Waals surface area contributed by atoms with Crippen molar-refractivity contribution in [2.45, 2.75) is 76.4 Å². The van der Waals surface area contributed by atoms with E-state index in [-0.39, 0.29) is 6.10 Å². The van der Waals surface area contributed by atoms with E-state index in [2.05, 4.69) is 0 Å². The number of ether oxygens (including phenoxy) is 1. The molecule has 0 radical (unpaired) electrons. The summed E-state index contributed by atoms with van der Waals surface area (Å²) in [4.78, 5) is 0. The molecule has 19 heavy (non-hydrogen) atoms. The molecule has 3 fully saturated rings. The van der Waals surface area contributed by atoms with Gasteiger partial charge >= 0.3 is 0 Å². The van der Waals surface area contributed by atoms with Gasteiger partial charge in [0.1, 0.15) is 0 Å². The minimum Gasteiger partial charge on any atom is -0.393 e. The molecule has 0 aromatic carbocycles. The van der Waals surface area contributed by atoms with Gasteiger partial charge in [-0.3, -0.25) is 0 Å². The van der Waals surface area contributed by atoms with Crippen molar-refractivity contribution in [2.24, 2.45) is 23.7 Å². The number of hydrogen-bond acceptors (Lipinski definition) is 2. The first-order chi connectivity index (χ1) is 9.26. The number of aliphatic hydroxyl groups is 1. The summed E-state index contributed by atoms with van der Waals surface area (Å²) in [6.07, 6.45) is 13.6. The van der Waals surface area contributed by atoms with E-state index in [1.807, 2.05) is 7.11 Å². The highest BCUT2D eigenvalue weighted by Crippen LogP contribution is 2.47. The minimum absolute atomic E-state index is 0.00438. The smallest absolute Gasteiger partial charge is 0.0574 e. The molecule has 0 heterocycles. The average molecular weight is 266 g/mol. The van der Waals surface area contributed by atoms with Gasteiger partial charge in [0.25, 0.3) is 0 Å². The Kier molecular flexibility index (Phi) is 4.48. The Labute approximate surface area is 117 Å². The molecule has 0 spiro atoms. The maximum Gasteiger partial charge on any atom is 0.0574 e. The molecule has 2 heteroatoms. The number of methoxy groups -OCH3 is 1. The van der Waals surface area contributed by atoms with Gasteiger partial charge in [0, 0.05) is 7.11 Å². The molecule has 0 saturated heterocycles. The largest absolute Gasteiger partial charge is 0.393 e. The van der Waals surface area contributed by atoms with Crippen LogP contribution in [0.4, 0.5) is 0 Å². The first-order valence-electron chi connectivity index (χ1n) is 8.47. The molecule has 0 bridgehead atoms. The van der Waals surface area contributed by atoms with Crippen molar-refractivity contribution in [3.8, 4) is 0 Å². The molecule has 4 atom stereocenters. The van der Waals surface area contributed by atoms with Gasteiger partial charge in [-0.1, -0.05) is 0 Å². The molecule has 2 nitrogen and oxygen atoms in total. The van der Waals surface area contributed by atoms with Crippen LogP contribution in [-0.2, 0) is 4.74 Å². The summed E-state index contributed by atoms with van der Waals surface area (Å²) in [6.45, 7) is 0. The molecule has 0 amide bonds. The van der Waals surface area contributed by atoms with Gasteiger partial charge in [0.2, 0.25) is 0 Å². The predicted molar refractivity (Wildman–Crippen MR) is 76.9 cm³/mol. The van der Waals surface area contributed by atoms with Crippen LogP contribution in [0.3, 0.4) is 0 Å². The van der Waals surface area contributed by atoms with Crippen molar-refractivity contribution in [2.75, 3.05) is 7.11 Å². The predicted octanol–water partition coefficient (Wildman–Crippen LogP) is 3.77. The van der Waals surface area contributed by atoms with E-state index in [1.54, 1.807) is 0 Å². The normalized spacial score (nSPS) is 47.7. The monoisotopic (exact) mass is 266 g/mol. The molecule has 4 unspecified atom stereocenters. The zero-order valence-corrected chi connectivity index (χ0v) is 12.4. The van der Waals surface area contributed by atoms with Crippen LogP contribution in [0.5, 0.6) is 0 Å². The summed E-state index contributed by atoms with van der Waals surface area (Å²) in [6, 6.07) is 0. The Morgan fingerprint density at radius 3 is 1.89 bits per heavy atom. The van der Waals surface area contributed by atoms with Crippen LogP contribution in [0.25, 0.3) is 0 Å². The van der Waals surface area contributed by atoms with Crippen molar-refractivity contribution in [3.05, 3.63) is 0 Å². The highest BCUT2D eigenvalue weighted by Gasteiger charge is 2.38. The van der Waals surface area contributed by atoms with Crippen molar-refractivity contribution in [1.29, 1.82) is 0 Å². The quantitative estimate of drug-likeness (QED) is 0.824. The van der Waals surface area contributed by atoms with E-state index in [0.717, 1.165) is 36.5 Å². The van der Waals surface area contributed by atoms with Crippen LogP contribution < -0.4 is 0 Å². The highest BCUT2D eigenvalue weighted by atomic mass is 16.5. The fraction of sp³-hybridized carbons (Fsp3) is 1.00. The van der Waals surface area contributed by atoms with Crippen LogP contribution in [0.15, 0.2) is 0 Å². The molecule has 110 valence electrons. The molecule has 3 saturated carbocycles. The Hall–Kier alpha value is -0.0800. The maximum atomic E-state index is 9.66. The lowest BCUT2D eigenvalue weighted by Crippen LogP contribution is -2.36. The molecule has 1 N–H and O–H groups in total. The average Bonchev–Trinajstić information content (AvgIpc) is 2.47. The van der Waals surface area contributed by atoms with E-state index in [1.165, 1.54) is 51.4 Å². The third-order valence-corrected chi connectivity index (χ3v) is 6.35. The minimum atomic E-state index is 0.00438. The van der Waals surface area contributed by atoms with Crippen molar-refractivity contribution < 1.29 is 9.84 Å². The topological polar surface area (TPSA) is 29.5 Å². The Morgan fingerprint density at radius 1 is 0.684 bits per heavy atom. The third kappa shape index (κ3) is 3.16. The van der Waals surface area contributed by atoms with Crippen molar-refractivity contribution in [1.82, 2.24) is 0 Å². The summed E-state index contributed by atoms with van der Waals surface area (Å²) >= 11 is 0. The second kappa shape index (κ2) is 6.13. The van der Waals surface area contributed by atoms with Gasteiger partial charge in [0.15, 0.2) is 0 Å². The summed E-state index contributed by atoms with van der Waals surface area (Å²) < 4.78 is 5.57. The maximum absolute atomic E-state index is 9.66. The van der Waals surface area contributed by atoms with Crippen LogP contribution in [-0.4, -0.2) is 24.4 Å². The molecule has 0 aliphatic heterocycles. The van der Waals surface area contributed by atoms with E-state index < -0.39 is 0 Å². The number of aliphatic hydroxyl groups excluding tert-OH is 1. The SMILES string of the molecule is COC1CCC2CC(C3CCC(O)CC3)CCC2C1. The fourth-order valence-electron chi connectivity index (χ4n) is 5.10. The van der Waals surface area contributed by atoms with Gasteiger partial charge in [0.05, 0.1) is 12.2 Å². The summed E-state index contributed by atoms with van der Waals surface area (Å²) in [7, 11) is 1.88.